The lowest BCUT2D eigenvalue weighted by Gasteiger charge is -2.23. The second-order valence-electron chi connectivity index (χ2n) is 7.44. The molecule has 3 N–H and O–H groups in total. The first-order valence-corrected chi connectivity index (χ1v) is 8.50. The van der Waals surface area contributed by atoms with Gasteiger partial charge in [-0.05, 0) is 42.7 Å². The third-order valence-electron chi connectivity index (χ3n) is 5.80. The molecule has 3 aliphatic rings. The molecular weight excluding hydrogens is 311 g/mol. The number of nitrogens with two attached hydrogens (primary N) is 1. The Kier molecular flexibility index (Phi) is 2.78. The van der Waals surface area contributed by atoms with E-state index < -0.39 is 17.1 Å². The predicted molar refractivity (Wildman–Crippen MR) is 88.7 cm³/mol. The molecular formula is C17H19FN4O2. The fourth-order valence-electron chi connectivity index (χ4n) is 4.05. The number of aromatic nitrogens is 2. The van der Waals surface area contributed by atoms with Crippen molar-refractivity contribution in [3.05, 3.63) is 38.8 Å². The summed E-state index contributed by atoms with van der Waals surface area (Å²) < 4.78 is 16.2. The van der Waals surface area contributed by atoms with Crippen molar-refractivity contribution >= 4 is 16.6 Å². The maximum absolute atomic E-state index is 14.6. The van der Waals surface area contributed by atoms with E-state index in [-0.39, 0.29) is 11.4 Å². The molecule has 6 nitrogen and oxygen atoms in total. The summed E-state index contributed by atoms with van der Waals surface area (Å²) >= 11 is 0. The maximum Gasteiger partial charge on any atom is 0.328 e. The molecule has 0 bridgehead atoms. The Bertz CT molecular complexity index is 949. The van der Waals surface area contributed by atoms with Gasteiger partial charge in [0.15, 0.2) is 0 Å². The molecule has 24 heavy (non-hydrogen) atoms. The average molecular weight is 330 g/mol. The van der Waals surface area contributed by atoms with Crippen molar-refractivity contribution in [2.24, 2.45) is 23.5 Å². The Hall–Kier alpha value is -2.15. The number of benzene rings is 1. The first-order valence-electron chi connectivity index (χ1n) is 8.50. The van der Waals surface area contributed by atoms with E-state index >= 15 is 0 Å². The van der Waals surface area contributed by atoms with Crippen LogP contribution in [0.3, 0.4) is 0 Å². The number of H-pyrrole nitrogens is 1. The first-order chi connectivity index (χ1) is 11.5. The highest BCUT2D eigenvalue weighted by atomic mass is 19.1. The summed E-state index contributed by atoms with van der Waals surface area (Å²) in [4.78, 5) is 28.6. The van der Waals surface area contributed by atoms with E-state index in [1.54, 1.807) is 10.6 Å². The lowest BCUT2D eigenvalue weighted by Crippen LogP contribution is -2.32. The van der Waals surface area contributed by atoms with Crippen molar-refractivity contribution in [1.29, 1.82) is 0 Å². The summed E-state index contributed by atoms with van der Waals surface area (Å²) in [6.45, 7) is 2.06. The lowest BCUT2D eigenvalue weighted by molar-refractivity contribution is 0.604. The molecule has 7 heteroatoms. The largest absolute Gasteiger partial charge is 0.368 e. The number of fused-ring (bicyclic) bond motifs is 2. The van der Waals surface area contributed by atoms with Gasteiger partial charge in [0, 0.05) is 25.7 Å². The van der Waals surface area contributed by atoms with Crippen LogP contribution in [-0.2, 0) is 6.54 Å². The molecule has 1 aromatic heterocycles. The van der Waals surface area contributed by atoms with E-state index in [0.29, 0.717) is 35.5 Å². The molecule has 0 spiro atoms. The van der Waals surface area contributed by atoms with Gasteiger partial charge >= 0.3 is 5.69 Å². The van der Waals surface area contributed by atoms with E-state index in [9.17, 15) is 14.0 Å². The molecule has 3 atom stereocenters. The van der Waals surface area contributed by atoms with E-state index in [2.05, 4.69) is 4.98 Å². The van der Waals surface area contributed by atoms with Crippen LogP contribution in [0.25, 0.3) is 10.9 Å². The zero-order chi connectivity index (χ0) is 16.6. The van der Waals surface area contributed by atoms with Crippen LogP contribution < -0.4 is 21.9 Å². The molecule has 1 unspecified atom stereocenters. The van der Waals surface area contributed by atoms with E-state index in [1.165, 1.54) is 6.07 Å². The summed E-state index contributed by atoms with van der Waals surface area (Å²) in [5.41, 5.74) is 6.01. The second kappa shape index (κ2) is 4.69. The Morgan fingerprint density at radius 1 is 1.21 bits per heavy atom. The molecule has 2 heterocycles. The number of piperidine rings is 1. The number of nitrogens with one attached hydrogen (secondary N) is 1. The van der Waals surface area contributed by atoms with Crippen LogP contribution >= 0.6 is 0 Å². The molecule has 5 rings (SSSR count). The van der Waals surface area contributed by atoms with E-state index in [4.69, 9.17) is 5.73 Å². The molecule has 2 aliphatic carbocycles. The van der Waals surface area contributed by atoms with Crippen molar-refractivity contribution < 1.29 is 4.39 Å². The van der Waals surface area contributed by atoms with Gasteiger partial charge in [-0.15, -0.1) is 0 Å². The summed E-state index contributed by atoms with van der Waals surface area (Å²) in [7, 11) is 0. The highest BCUT2D eigenvalue weighted by molar-refractivity contribution is 5.82. The Balaban J connectivity index is 1.65. The number of halogens is 1. The number of anilines is 1. The summed E-state index contributed by atoms with van der Waals surface area (Å²) in [5, 5.41) is 0.234. The topological polar surface area (TPSA) is 84.1 Å². The highest BCUT2D eigenvalue weighted by Gasteiger charge is 2.53. The number of nitrogens with zero attached hydrogens (tertiary/aromatic N) is 2. The van der Waals surface area contributed by atoms with Gasteiger partial charge in [0.05, 0.1) is 16.6 Å². The SMILES string of the molecule is NC1[C@H]2CN(c3cc4c(cc3F)c(=O)[nH]c(=O)n4CC3CC3)C[C@@H]12. The van der Waals surface area contributed by atoms with Crippen LogP contribution in [-0.4, -0.2) is 28.7 Å². The predicted octanol–water partition coefficient (Wildman–Crippen LogP) is 0.632. The molecule has 1 saturated heterocycles. The minimum Gasteiger partial charge on any atom is -0.368 e. The smallest absolute Gasteiger partial charge is 0.328 e. The number of aromatic amines is 1. The summed E-state index contributed by atoms with van der Waals surface area (Å²) in [5.74, 6) is 0.933. The van der Waals surface area contributed by atoms with Gasteiger partial charge in [-0.25, -0.2) is 9.18 Å². The lowest BCUT2D eigenvalue weighted by atomic mass is 10.2. The molecule has 126 valence electrons. The highest BCUT2D eigenvalue weighted by Crippen LogP contribution is 2.46. The standard InChI is InChI=1S/C17H19FN4O2/c18-12-3-9-13(4-14(12)21-6-10-11(7-21)15(10)19)22(5-8-1-2-8)17(24)20-16(9)23/h3-4,8,10-11,15H,1-2,5-7,19H2,(H,20,23,24)/t10-,11+,15?. The summed E-state index contributed by atoms with van der Waals surface area (Å²) in [6, 6.07) is 3.16. The zero-order valence-corrected chi connectivity index (χ0v) is 13.2. The van der Waals surface area contributed by atoms with E-state index in [1.807, 2.05) is 4.90 Å². The van der Waals surface area contributed by atoms with Gasteiger partial charge in [0.1, 0.15) is 5.82 Å². The quantitative estimate of drug-likeness (QED) is 0.865. The number of hydrogen-bond acceptors (Lipinski definition) is 4. The van der Waals surface area contributed by atoms with Crippen LogP contribution in [0.1, 0.15) is 12.8 Å². The first kappa shape index (κ1) is 14.2. The van der Waals surface area contributed by atoms with Crippen molar-refractivity contribution in [3.63, 3.8) is 0 Å². The molecule has 3 fully saturated rings. The molecule has 0 radical (unpaired) electrons. The van der Waals surface area contributed by atoms with Gasteiger partial charge < -0.3 is 10.6 Å². The van der Waals surface area contributed by atoms with Crippen molar-refractivity contribution in [3.8, 4) is 0 Å². The van der Waals surface area contributed by atoms with Crippen LogP contribution in [0.2, 0.25) is 0 Å². The monoisotopic (exact) mass is 330 g/mol. The Labute approximate surface area is 137 Å². The van der Waals surface area contributed by atoms with Crippen LogP contribution in [0.4, 0.5) is 10.1 Å². The second-order valence-corrected chi connectivity index (χ2v) is 7.44. The van der Waals surface area contributed by atoms with Crippen LogP contribution in [0, 0.1) is 23.6 Å². The minimum atomic E-state index is -0.529. The minimum absolute atomic E-state index is 0.234. The van der Waals surface area contributed by atoms with Crippen molar-refractivity contribution in [1.82, 2.24) is 9.55 Å². The van der Waals surface area contributed by atoms with Gasteiger partial charge in [-0.3, -0.25) is 14.3 Å². The van der Waals surface area contributed by atoms with Crippen LogP contribution in [0.15, 0.2) is 21.7 Å². The Morgan fingerprint density at radius 3 is 2.58 bits per heavy atom. The third kappa shape index (κ3) is 2.04. The van der Waals surface area contributed by atoms with Gasteiger partial charge in [0.2, 0.25) is 0 Å². The maximum atomic E-state index is 14.6. The zero-order valence-electron chi connectivity index (χ0n) is 13.2. The molecule has 2 saturated carbocycles. The van der Waals surface area contributed by atoms with Gasteiger partial charge in [-0.2, -0.15) is 0 Å². The van der Waals surface area contributed by atoms with E-state index in [0.717, 1.165) is 25.9 Å². The third-order valence-corrected chi connectivity index (χ3v) is 5.80. The van der Waals surface area contributed by atoms with Crippen molar-refractivity contribution in [2.75, 3.05) is 18.0 Å². The molecule has 2 aromatic rings. The molecule has 1 aromatic carbocycles. The normalized spacial score (nSPS) is 28.4. The fourth-order valence-corrected chi connectivity index (χ4v) is 4.05. The Morgan fingerprint density at radius 2 is 1.92 bits per heavy atom. The number of rotatable bonds is 3. The summed E-state index contributed by atoms with van der Waals surface area (Å²) in [6.07, 6.45) is 2.18. The number of hydrogen-bond donors (Lipinski definition) is 2. The fraction of sp³-hybridized carbons (Fsp3) is 0.529. The van der Waals surface area contributed by atoms with Crippen LogP contribution in [0.5, 0.6) is 0 Å². The molecule has 0 amide bonds. The van der Waals surface area contributed by atoms with Gasteiger partial charge in [0.25, 0.3) is 5.56 Å². The average Bonchev–Trinajstić information content (AvgIpc) is 3.42. The van der Waals surface area contributed by atoms with Gasteiger partial charge in [-0.1, -0.05) is 0 Å². The molecule has 1 aliphatic heterocycles. The van der Waals surface area contributed by atoms with Crippen molar-refractivity contribution in [2.45, 2.75) is 25.4 Å².